The van der Waals surface area contributed by atoms with Gasteiger partial charge in [-0.15, -0.1) is 0 Å². The Kier molecular flexibility index (Phi) is 2.10. The Morgan fingerprint density at radius 3 is 2.79 bits per heavy atom. The van der Waals surface area contributed by atoms with Gasteiger partial charge in [0, 0.05) is 5.56 Å². The lowest BCUT2D eigenvalue weighted by atomic mass is 10.2. The van der Waals surface area contributed by atoms with Crippen LogP contribution in [0.15, 0.2) is 24.3 Å². The Balaban J connectivity index is 2.28. The number of tetrazole rings is 1. The molecule has 14 heavy (non-hydrogen) atoms. The van der Waals surface area contributed by atoms with Crippen molar-refractivity contribution in [3.8, 4) is 0 Å². The van der Waals surface area contributed by atoms with Gasteiger partial charge in [-0.3, -0.25) is 0 Å². The van der Waals surface area contributed by atoms with Gasteiger partial charge in [0.15, 0.2) is 0 Å². The van der Waals surface area contributed by atoms with Gasteiger partial charge in [-0.25, -0.2) is 9.07 Å². The molecule has 5 nitrogen and oxygen atoms in total. The molecule has 6 heteroatoms. The molecule has 2 aromatic rings. The van der Waals surface area contributed by atoms with E-state index in [-0.39, 0.29) is 18.3 Å². The number of nitrogens with zero attached hydrogens (tertiary/aromatic N) is 4. The summed E-state index contributed by atoms with van der Waals surface area (Å²) >= 11 is 0. The van der Waals surface area contributed by atoms with Crippen LogP contribution in [0.3, 0.4) is 0 Å². The van der Waals surface area contributed by atoms with Gasteiger partial charge in [0.05, 0.1) is 6.54 Å². The molecule has 0 unspecified atom stereocenters. The van der Waals surface area contributed by atoms with E-state index in [0.29, 0.717) is 5.56 Å². The molecule has 0 aliphatic rings. The highest BCUT2D eigenvalue weighted by atomic mass is 19.1. The van der Waals surface area contributed by atoms with E-state index in [2.05, 4.69) is 15.5 Å². The highest BCUT2D eigenvalue weighted by molar-refractivity contribution is 5.20. The molecule has 0 saturated heterocycles. The number of nitrogens with two attached hydrogens (primary N) is 1. The van der Waals surface area contributed by atoms with Gasteiger partial charge < -0.3 is 5.73 Å². The molecular formula is C8H8FN5. The lowest BCUT2D eigenvalue weighted by molar-refractivity contribution is 0.579. The maximum Gasteiger partial charge on any atom is 0.240 e. The first-order valence-electron chi connectivity index (χ1n) is 4.02. The maximum absolute atomic E-state index is 13.2. The first-order chi connectivity index (χ1) is 6.77. The average molecular weight is 193 g/mol. The first-order valence-corrected chi connectivity index (χ1v) is 4.02. The Labute approximate surface area is 79.3 Å². The van der Waals surface area contributed by atoms with Crippen molar-refractivity contribution in [2.45, 2.75) is 6.54 Å². The van der Waals surface area contributed by atoms with Crippen LogP contribution in [-0.4, -0.2) is 20.2 Å². The van der Waals surface area contributed by atoms with Crippen LogP contribution in [0.2, 0.25) is 0 Å². The molecule has 0 aliphatic carbocycles. The second-order valence-electron chi connectivity index (χ2n) is 2.79. The number of benzene rings is 1. The summed E-state index contributed by atoms with van der Waals surface area (Å²) in [6, 6.07) is 6.42. The van der Waals surface area contributed by atoms with E-state index in [0.717, 1.165) is 0 Å². The van der Waals surface area contributed by atoms with Crippen molar-refractivity contribution in [1.82, 2.24) is 20.2 Å². The van der Waals surface area contributed by atoms with E-state index in [1.807, 2.05) is 0 Å². The predicted molar refractivity (Wildman–Crippen MR) is 47.7 cm³/mol. The molecule has 0 saturated carbocycles. The summed E-state index contributed by atoms with van der Waals surface area (Å²) in [5, 5.41) is 10.5. The van der Waals surface area contributed by atoms with Crippen molar-refractivity contribution in [2.75, 3.05) is 5.73 Å². The zero-order valence-corrected chi connectivity index (χ0v) is 7.26. The van der Waals surface area contributed by atoms with E-state index in [9.17, 15) is 4.39 Å². The van der Waals surface area contributed by atoms with Crippen LogP contribution in [-0.2, 0) is 6.54 Å². The number of halogens is 1. The highest BCUT2D eigenvalue weighted by Crippen LogP contribution is 2.08. The zero-order chi connectivity index (χ0) is 9.97. The quantitative estimate of drug-likeness (QED) is 0.751. The van der Waals surface area contributed by atoms with Crippen LogP contribution < -0.4 is 5.73 Å². The zero-order valence-electron chi connectivity index (χ0n) is 7.26. The van der Waals surface area contributed by atoms with Crippen molar-refractivity contribution in [2.24, 2.45) is 0 Å². The summed E-state index contributed by atoms with van der Waals surface area (Å²) in [6.45, 7) is 0.242. The standard InChI is InChI=1S/C8H8FN5/c9-7-4-2-1-3-6(7)5-14-8(10)11-12-13-14/h1-4H,5H2,(H2,10,11,13). The third kappa shape index (κ3) is 1.54. The van der Waals surface area contributed by atoms with Crippen LogP contribution in [0.4, 0.5) is 10.3 Å². The van der Waals surface area contributed by atoms with Crippen LogP contribution >= 0.6 is 0 Å². The second-order valence-corrected chi connectivity index (χ2v) is 2.79. The molecule has 0 fully saturated rings. The second kappa shape index (κ2) is 3.41. The topological polar surface area (TPSA) is 69.6 Å². The molecule has 72 valence electrons. The largest absolute Gasteiger partial charge is 0.367 e. The summed E-state index contributed by atoms with van der Waals surface area (Å²) in [7, 11) is 0. The van der Waals surface area contributed by atoms with E-state index in [4.69, 9.17) is 5.73 Å². The van der Waals surface area contributed by atoms with Crippen LogP contribution in [0.1, 0.15) is 5.56 Å². The molecule has 1 heterocycles. The number of rotatable bonds is 2. The minimum Gasteiger partial charge on any atom is -0.367 e. The van der Waals surface area contributed by atoms with Crippen molar-refractivity contribution in [1.29, 1.82) is 0 Å². The minimum absolute atomic E-state index is 0.174. The molecule has 1 aromatic heterocycles. The molecular weight excluding hydrogens is 185 g/mol. The summed E-state index contributed by atoms with van der Waals surface area (Å²) in [5.41, 5.74) is 5.95. The smallest absolute Gasteiger partial charge is 0.240 e. The molecule has 2 rings (SSSR count). The van der Waals surface area contributed by atoms with E-state index in [1.54, 1.807) is 18.2 Å². The van der Waals surface area contributed by atoms with Gasteiger partial charge in [-0.2, -0.15) is 0 Å². The highest BCUT2D eigenvalue weighted by Gasteiger charge is 2.05. The summed E-state index contributed by atoms with van der Waals surface area (Å²) in [4.78, 5) is 0. The van der Waals surface area contributed by atoms with Crippen molar-refractivity contribution >= 4 is 5.95 Å². The molecule has 1 aromatic carbocycles. The van der Waals surface area contributed by atoms with Crippen molar-refractivity contribution in [3.05, 3.63) is 35.6 Å². The molecule has 0 atom stereocenters. The van der Waals surface area contributed by atoms with Crippen molar-refractivity contribution < 1.29 is 4.39 Å². The molecule has 0 aliphatic heterocycles. The Hall–Kier alpha value is -1.98. The van der Waals surface area contributed by atoms with Gasteiger partial charge in [0.25, 0.3) is 0 Å². The number of nitrogen functional groups attached to an aromatic ring is 1. The monoisotopic (exact) mass is 193 g/mol. The Morgan fingerprint density at radius 2 is 2.14 bits per heavy atom. The Morgan fingerprint density at radius 1 is 1.36 bits per heavy atom. The fourth-order valence-corrected chi connectivity index (χ4v) is 1.11. The van der Waals surface area contributed by atoms with E-state index >= 15 is 0 Å². The van der Waals surface area contributed by atoms with Gasteiger partial charge in [0.1, 0.15) is 5.82 Å². The minimum atomic E-state index is -0.289. The van der Waals surface area contributed by atoms with Gasteiger partial charge in [0.2, 0.25) is 5.95 Å². The van der Waals surface area contributed by atoms with Crippen LogP contribution in [0.5, 0.6) is 0 Å². The third-order valence-electron chi connectivity index (χ3n) is 1.84. The Bertz CT molecular complexity index is 439. The number of hydrogen-bond donors (Lipinski definition) is 1. The third-order valence-corrected chi connectivity index (χ3v) is 1.84. The van der Waals surface area contributed by atoms with Crippen LogP contribution in [0, 0.1) is 5.82 Å². The van der Waals surface area contributed by atoms with Gasteiger partial charge in [-0.05, 0) is 16.5 Å². The first kappa shape index (κ1) is 8.61. The number of aromatic nitrogens is 4. The average Bonchev–Trinajstić information content (AvgIpc) is 2.56. The molecule has 0 amide bonds. The van der Waals surface area contributed by atoms with Crippen LogP contribution in [0.25, 0.3) is 0 Å². The predicted octanol–water partition coefficient (Wildman–Crippen LogP) is 0.443. The molecule has 2 N–H and O–H groups in total. The van der Waals surface area contributed by atoms with Gasteiger partial charge in [-0.1, -0.05) is 23.3 Å². The normalized spacial score (nSPS) is 10.4. The molecule has 0 radical (unpaired) electrons. The SMILES string of the molecule is Nc1nnnn1Cc1ccccc1F. The van der Waals surface area contributed by atoms with Gasteiger partial charge >= 0.3 is 0 Å². The summed E-state index contributed by atoms with van der Waals surface area (Å²) in [5.74, 6) is -0.115. The summed E-state index contributed by atoms with van der Waals surface area (Å²) in [6.07, 6.45) is 0. The number of anilines is 1. The van der Waals surface area contributed by atoms with Crippen molar-refractivity contribution in [3.63, 3.8) is 0 Å². The fourth-order valence-electron chi connectivity index (χ4n) is 1.11. The van der Waals surface area contributed by atoms with E-state index in [1.165, 1.54) is 10.7 Å². The lowest BCUT2D eigenvalue weighted by Crippen LogP contribution is -2.07. The molecule has 0 spiro atoms. The molecule has 0 bridgehead atoms. The van der Waals surface area contributed by atoms with E-state index < -0.39 is 0 Å². The summed E-state index contributed by atoms with van der Waals surface area (Å²) < 4.78 is 14.5. The number of hydrogen-bond acceptors (Lipinski definition) is 4. The fraction of sp³-hybridized carbons (Fsp3) is 0.125. The maximum atomic E-state index is 13.2. The lowest BCUT2D eigenvalue weighted by Gasteiger charge is -2.02.